The van der Waals surface area contributed by atoms with Crippen LogP contribution in [0.5, 0.6) is 0 Å². The van der Waals surface area contributed by atoms with Gasteiger partial charge in [-0.15, -0.1) is 0 Å². The average molecular weight is 489 g/mol. The molecule has 24 heavy (non-hydrogen) atoms. The molecule has 3 nitrogen and oxygen atoms in total. The molecule has 0 atom stereocenters. The first-order valence-electron chi connectivity index (χ1n) is 8.43. The van der Waals surface area contributed by atoms with Crippen LogP contribution in [0.2, 0.25) is 0 Å². The van der Waals surface area contributed by atoms with Crippen LogP contribution in [0.15, 0.2) is 16.6 Å². The third-order valence-electron chi connectivity index (χ3n) is 2.49. The molecule has 1 rings (SSSR count). The fraction of sp³-hybridized carbons (Fsp3) is 0.765. The van der Waals surface area contributed by atoms with E-state index in [9.17, 15) is 7.00 Å². The van der Waals surface area contributed by atoms with Gasteiger partial charge in [-0.2, -0.15) is 0 Å². The van der Waals surface area contributed by atoms with Gasteiger partial charge in [0.15, 0.2) is 0 Å². The first-order valence-corrected chi connectivity index (χ1v) is 11.5. The number of unbranched alkanes of at least 4 members (excludes halogenated alkanes) is 3. The van der Waals surface area contributed by atoms with E-state index in [0.717, 1.165) is 38.5 Å². The van der Waals surface area contributed by atoms with Gasteiger partial charge in [0.2, 0.25) is 0 Å². The first-order chi connectivity index (χ1) is 11.0. The minimum atomic E-state index is -3.91. The number of aliphatic hydroxyl groups excluding tert-OH is 3. The van der Waals surface area contributed by atoms with E-state index in [1.54, 1.807) is 6.08 Å². The topological polar surface area (TPSA) is 60.7 Å². The van der Waals surface area contributed by atoms with Gasteiger partial charge in [-0.1, -0.05) is 40.0 Å². The van der Waals surface area contributed by atoms with Crippen molar-refractivity contribution in [2.75, 3.05) is 19.8 Å². The van der Waals surface area contributed by atoms with Gasteiger partial charge in [-0.25, -0.2) is 0 Å². The van der Waals surface area contributed by atoms with Gasteiger partial charge in [-0.3, -0.25) is 0 Å². The molecule has 0 heterocycles. The molecule has 0 spiro atoms. The van der Waals surface area contributed by atoms with Gasteiger partial charge >= 0.3 is 51.3 Å². The minimum absolute atomic E-state index is 0. The molecule has 1 aliphatic carbocycles. The molecule has 0 aromatic heterocycles. The molecule has 0 aliphatic heterocycles. The summed E-state index contributed by atoms with van der Waals surface area (Å²) >= 11 is -3.91. The van der Waals surface area contributed by atoms with Crippen molar-refractivity contribution >= 4 is 15.3 Å². The molecule has 0 bridgehead atoms. The minimum Gasteiger partial charge on any atom is 0 e. The van der Waals surface area contributed by atoms with Gasteiger partial charge in [0, 0.05) is 46.0 Å². The molecule has 0 aromatic rings. The second-order valence-electron chi connectivity index (χ2n) is 4.77. The zero-order chi connectivity index (χ0) is 18.3. The molecule has 0 unspecified atom stereocenters. The van der Waals surface area contributed by atoms with Crippen LogP contribution >= 0.6 is 0 Å². The Kier molecular flexibility index (Phi) is 42.3. The van der Waals surface area contributed by atoms with E-state index in [2.05, 4.69) is 26.8 Å². The Morgan fingerprint density at radius 2 is 1.29 bits per heavy atom. The van der Waals surface area contributed by atoms with E-state index < -0.39 is 15.3 Å². The van der Waals surface area contributed by atoms with E-state index in [1.807, 2.05) is 0 Å². The van der Waals surface area contributed by atoms with Crippen molar-refractivity contribution in [3.63, 3.8) is 0 Å². The predicted octanol–water partition coefficient (Wildman–Crippen LogP) is 3.71. The maximum atomic E-state index is 11.8. The summed E-state index contributed by atoms with van der Waals surface area (Å²) in [5.74, 6) is 0. The fourth-order valence-corrected chi connectivity index (χ4v) is 2.21. The third kappa shape index (κ3) is 34.1. The Morgan fingerprint density at radius 1 is 0.917 bits per heavy atom. The zero-order valence-corrected chi connectivity index (χ0v) is 20.3. The zero-order valence-electron chi connectivity index (χ0n) is 15.4. The number of aliphatic hydroxyl groups is 3. The number of halogens is 2. The molecule has 7 heteroatoms. The van der Waals surface area contributed by atoms with E-state index >= 15 is 0 Å². The Bertz CT molecular complexity index is 246. The molecule has 0 saturated heterocycles. The first kappa shape index (κ1) is 32.3. The summed E-state index contributed by atoms with van der Waals surface area (Å²) in [5.41, 5.74) is 0. The molecular formula is C17H35F2GeO3Zr-. The van der Waals surface area contributed by atoms with E-state index in [-0.39, 0.29) is 30.6 Å². The molecule has 3 N–H and O–H groups in total. The van der Waals surface area contributed by atoms with Crippen LogP contribution in [-0.4, -0.2) is 50.4 Å². The average Bonchev–Trinajstić information content (AvgIpc) is 3.06. The molecule has 0 radical (unpaired) electrons. The largest absolute Gasteiger partial charge is 0 e. The Hall–Kier alpha value is 0.646. The standard InChI is InChI=1S/C5H5F2Ge.3C4H10O.Zr/c6-8(7)5-3-1-2-4-5;3*1-2-3-4-5;/h1,3,8H,2H2;3*5H,2-4H2,1H3;/q-1;;;;. The Balaban J connectivity index is -0.000000113. The van der Waals surface area contributed by atoms with Gasteiger partial charge in [-0.05, 0) is 19.3 Å². The van der Waals surface area contributed by atoms with Crippen LogP contribution < -0.4 is 0 Å². The summed E-state index contributed by atoms with van der Waals surface area (Å²) in [6, 6.07) is 0. The van der Waals surface area contributed by atoms with Crippen molar-refractivity contribution < 1.29 is 48.5 Å². The van der Waals surface area contributed by atoms with Crippen LogP contribution in [-0.2, 0) is 26.2 Å². The van der Waals surface area contributed by atoms with Crippen molar-refractivity contribution in [3.05, 3.63) is 22.6 Å². The van der Waals surface area contributed by atoms with Crippen LogP contribution in [0.1, 0.15) is 65.7 Å². The monoisotopic (exact) mass is 489 g/mol. The SMILES string of the molecule is CCCCO.CCCCO.CCCCO.[F][GeH]([F])[C]1=[C-]CC=C1.[Zr]. The second kappa shape index (κ2) is 31.4. The summed E-state index contributed by atoms with van der Waals surface area (Å²) in [6.45, 7) is 7.19. The van der Waals surface area contributed by atoms with Crippen molar-refractivity contribution in [1.82, 2.24) is 0 Å². The number of rotatable bonds is 7. The van der Waals surface area contributed by atoms with Crippen LogP contribution in [0.3, 0.4) is 0 Å². The number of hydrogen-bond acceptors (Lipinski definition) is 3. The van der Waals surface area contributed by atoms with Crippen LogP contribution in [0.25, 0.3) is 0 Å². The molecule has 0 amide bonds. The van der Waals surface area contributed by atoms with Crippen molar-refractivity contribution in [3.8, 4) is 0 Å². The fourth-order valence-electron chi connectivity index (χ4n) is 1.05. The van der Waals surface area contributed by atoms with Crippen molar-refractivity contribution in [1.29, 1.82) is 0 Å². The molecule has 0 saturated carbocycles. The number of hydrogen-bond donors (Lipinski definition) is 3. The molecule has 144 valence electrons. The second-order valence-corrected chi connectivity index (χ2v) is 7.34. The smallest absolute Gasteiger partial charge is 0 e. The summed E-state index contributed by atoms with van der Waals surface area (Å²) in [7, 11) is 0. The predicted molar refractivity (Wildman–Crippen MR) is 95.9 cm³/mol. The van der Waals surface area contributed by atoms with Gasteiger partial charge < -0.3 is 15.3 Å². The number of allylic oxidation sites excluding steroid dienone is 4. The Morgan fingerprint density at radius 3 is 1.38 bits per heavy atom. The molecule has 0 aromatic carbocycles. The summed E-state index contributed by atoms with van der Waals surface area (Å²) in [6.07, 6.45) is 12.5. The quantitative estimate of drug-likeness (QED) is 0.378. The van der Waals surface area contributed by atoms with Gasteiger partial charge in [0.1, 0.15) is 0 Å². The summed E-state index contributed by atoms with van der Waals surface area (Å²) in [4.78, 5) is 0. The summed E-state index contributed by atoms with van der Waals surface area (Å²) < 4.78 is 23.8. The van der Waals surface area contributed by atoms with Crippen molar-refractivity contribution in [2.24, 2.45) is 0 Å². The normalized spacial score (nSPS) is 11.1. The van der Waals surface area contributed by atoms with Gasteiger partial charge in [0.25, 0.3) is 0 Å². The third-order valence-corrected chi connectivity index (χ3v) is 4.31. The Labute approximate surface area is 171 Å². The summed E-state index contributed by atoms with van der Waals surface area (Å²) in [5, 5.41) is 24.2. The van der Waals surface area contributed by atoms with E-state index in [1.165, 1.54) is 6.08 Å². The van der Waals surface area contributed by atoms with E-state index in [0.29, 0.717) is 26.2 Å². The maximum absolute atomic E-state index is 11.8. The van der Waals surface area contributed by atoms with E-state index in [4.69, 9.17) is 15.3 Å². The maximum Gasteiger partial charge on any atom is 0 e. The molecule has 1 aliphatic rings. The molecular weight excluding hydrogens is 454 g/mol. The van der Waals surface area contributed by atoms with Gasteiger partial charge in [0.05, 0.1) is 0 Å². The van der Waals surface area contributed by atoms with Crippen LogP contribution in [0.4, 0.5) is 7.00 Å². The molecule has 0 fully saturated rings. The van der Waals surface area contributed by atoms with Crippen molar-refractivity contribution in [2.45, 2.75) is 65.7 Å². The van der Waals surface area contributed by atoms with Crippen LogP contribution in [0, 0.1) is 6.08 Å².